The van der Waals surface area contributed by atoms with Crippen LogP contribution in [0.3, 0.4) is 0 Å². The molecule has 0 saturated carbocycles. The first kappa shape index (κ1) is 23.2. The molecule has 3 aromatic heterocycles. The molecule has 2 aromatic carbocycles. The number of para-hydroxylation sites is 1. The Morgan fingerprint density at radius 1 is 0.889 bits per heavy atom. The number of nitrogens with one attached hydrogen (secondary N) is 1. The van der Waals surface area contributed by atoms with Gasteiger partial charge in [0.15, 0.2) is 17.1 Å². The normalized spacial score (nSPS) is 11.2. The van der Waals surface area contributed by atoms with Crippen LogP contribution in [0, 0.1) is 0 Å². The average Bonchev–Trinajstić information content (AvgIpc) is 3.55. The Morgan fingerprint density at radius 3 is 2.25 bits per heavy atom. The molecular formula is C26H27N7O3. The molecule has 0 radical (unpaired) electrons. The quantitative estimate of drug-likeness (QED) is 0.331. The molecule has 0 fully saturated rings. The molecule has 0 amide bonds. The Kier molecular flexibility index (Phi) is 6.16. The standard InChI is InChI=1S/C26H27N7O3/c1-16(2)24-30-25(19-13-28-33(26(19)31-24)17-9-7-6-8-10-17)29-22-14-32(15-27-22)18-11-20(34-3)23(36-5)21(12-18)35-4/h6-16H,1-5H3,(H,29,30,31). The molecule has 0 unspecified atom stereocenters. The van der Waals surface area contributed by atoms with Crippen LogP contribution in [0.25, 0.3) is 22.4 Å². The lowest BCUT2D eigenvalue weighted by molar-refractivity contribution is 0.324. The maximum Gasteiger partial charge on any atom is 0.203 e. The minimum atomic E-state index is 0.130. The van der Waals surface area contributed by atoms with Gasteiger partial charge >= 0.3 is 0 Å². The van der Waals surface area contributed by atoms with E-state index in [-0.39, 0.29) is 5.92 Å². The van der Waals surface area contributed by atoms with E-state index in [2.05, 4.69) is 29.2 Å². The second-order valence-corrected chi connectivity index (χ2v) is 8.39. The maximum atomic E-state index is 5.49. The zero-order valence-electron chi connectivity index (χ0n) is 20.8. The molecule has 1 N–H and O–H groups in total. The Morgan fingerprint density at radius 2 is 1.61 bits per heavy atom. The van der Waals surface area contributed by atoms with Crippen LogP contribution in [0.2, 0.25) is 0 Å². The van der Waals surface area contributed by atoms with E-state index in [1.54, 1.807) is 33.9 Å². The van der Waals surface area contributed by atoms with E-state index in [1.807, 2.05) is 57.9 Å². The summed E-state index contributed by atoms with van der Waals surface area (Å²) < 4.78 is 20.1. The van der Waals surface area contributed by atoms with Crippen LogP contribution in [0.15, 0.2) is 61.2 Å². The highest BCUT2D eigenvalue weighted by atomic mass is 16.5. The van der Waals surface area contributed by atoms with Crippen LogP contribution in [-0.4, -0.2) is 50.6 Å². The number of hydrogen-bond donors (Lipinski definition) is 1. The van der Waals surface area contributed by atoms with Crippen molar-refractivity contribution in [3.63, 3.8) is 0 Å². The van der Waals surface area contributed by atoms with Gasteiger partial charge in [0.2, 0.25) is 5.75 Å². The summed E-state index contributed by atoms with van der Waals surface area (Å²) in [5.74, 6) is 3.75. The zero-order chi connectivity index (χ0) is 25.2. The van der Waals surface area contributed by atoms with Crippen LogP contribution < -0.4 is 19.5 Å². The van der Waals surface area contributed by atoms with Gasteiger partial charge in [-0.15, -0.1) is 0 Å². The molecule has 0 atom stereocenters. The summed E-state index contributed by atoms with van der Waals surface area (Å²) in [6.45, 7) is 4.13. The highest BCUT2D eigenvalue weighted by Crippen LogP contribution is 2.39. The fourth-order valence-electron chi connectivity index (χ4n) is 3.90. The van der Waals surface area contributed by atoms with E-state index in [4.69, 9.17) is 24.2 Å². The van der Waals surface area contributed by atoms with Crippen molar-refractivity contribution >= 4 is 22.7 Å². The molecule has 0 spiro atoms. The lowest BCUT2D eigenvalue weighted by Gasteiger charge is -2.14. The third-order valence-electron chi connectivity index (χ3n) is 5.74. The van der Waals surface area contributed by atoms with Crippen LogP contribution in [0.1, 0.15) is 25.6 Å². The highest BCUT2D eigenvalue weighted by molar-refractivity contribution is 5.89. The Hall–Kier alpha value is -4.60. The van der Waals surface area contributed by atoms with Gasteiger partial charge in [0, 0.05) is 18.1 Å². The van der Waals surface area contributed by atoms with Crippen molar-refractivity contribution in [1.29, 1.82) is 0 Å². The number of methoxy groups -OCH3 is 3. The summed E-state index contributed by atoms with van der Waals surface area (Å²) in [6, 6.07) is 13.6. The highest BCUT2D eigenvalue weighted by Gasteiger charge is 2.18. The van der Waals surface area contributed by atoms with E-state index < -0.39 is 0 Å². The van der Waals surface area contributed by atoms with Crippen molar-refractivity contribution in [2.24, 2.45) is 0 Å². The molecule has 0 aliphatic rings. The van der Waals surface area contributed by atoms with Gasteiger partial charge in [-0.2, -0.15) is 5.10 Å². The summed E-state index contributed by atoms with van der Waals surface area (Å²) in [6.07, 6.45) is 5.34. The lowest BCUT2D eigenvalue weighted by Crippen LogP contribution is -2.05. The number of nitrogens with zero attached hydrogens (tertiary/aromatic N) is 6. The van der Waals surface area contributed by atoms with E-state index in [1.165, 1.54) is 0 Å². The molecule has 5 aromatic rings. The number of hydrogen-bond acceptors (Lipinski definition) is 8. The number of benzene rings is 2. The van der Waals surface area contributed by atoms with Gasteiger partial charge in [-0.25, -0.2) is 19.6 Å². The van der Waals surface area contributed by atoms with Gasteiger partial charge in [-0.3, -0.25) is 0 Å². The van der Waals surface area contributed by atoms with Crippen LogP contribution in [0.4, 0.5) is 11.6 Å². The SMILES string of the molecule is COc1cc(-n2cnc(Nc3nc(C(C)C)nc4c3cnn4-c3ccccc3)c2)cc(OC)c1OC. The van der Waals surface area contributed by atoms with Crippen molar-refractivity contribution in [2.45, 2.75) is 19.8 Å². The van der Waals surface area contributed by atoms with Gasteiger partial charge in [0.05, 0.1) is 50.5 Å². The fraction of sp³-hybridized carbons (Fsp3) is 0.231. The number of aromatic nitrogens is 6. The molecule has 5 rings (SSSR count). The monoisotopic (exact) mass is 485 g/mol. The molecule has 0 saturated heterocycles. The Labute approximate surface area is 208 Å². The molecule has 0 aliphatic heterocycles. The zero-order valence-corrected chi connectivity index (χ0v) is 20.8. The Bertz CT molecular complexity index is 1480. The molecule has 36 heavy (non-hydrogen) atoms. The van der Waals surface area contributed by atoms with Crippen molar-refractivity contribution in [3.8, 4) is 28.6 Å². The molecular weight excluding hydrogens is 458 g/mol. The third kappa shape index (κ3) is 4.17. The van der Waals surface area contributed by atoms with Crippen molar-refractivity contribution in [2.75, 3.05) is 26.6 Å². The average molecular weight is 486 g/mol. The van der Waals surface area contributed by atoms with Gasteiger partial charge in [0.25, 0.3) is 0 Å². The molecule has 3 heterocycles. The molecule has 0 bridgehead atoms. The third-order valence-corrected chi connectivity index (χ3v) is 5.74. The first-order valence-corrected chi connectivity index (χ1v) is 11.4. The van der Waals surface area contributed by atoms with E-state index in [9.17, 15) is 0 Å². The largest absolute Gasteiger partial charge is 0.493 e. The van der Waals surface area contributed by atoms with Crippen molar-refractivity contribution < 1.29 is 14.2 Å². The van der Waals surface area contributed by atoms with Gasteiger partial charge in [-0.05, 0) is 12.1 Å². The predicted octanol–water partition coefficient (Wildman–Crippen LogP) is 4.89. The van der Waals surface area contributed by atoms with Crippen LogP contribution in [-0.2, 0) is 0 Å². The molecule has 184 valence electrons. The van der Waals surface area contributed by atoms with Gasteiger partial charge in [-0.1, -0.05) is 32.0 Å². The fourth-order valence-corrected chi connectivity index (χ4v) is 3.90. The molecule has 10 nitrogen and oxygen atoms in total. The van der Waals surface area contributed by atoms with Crippen LogP contribution in [0.5, 0.6) is 17.2 Å². The maximum absolute atomic E-state index is 5.49. The number of fused-ring (bicyclic) bond motifs is 1. The first-order chi connectivity index (χ1) is 17.5. The van der Waals surface area contributed by atoms with E-state index in [0.717, 1.165) is 22.4 Å². The summed E-state index contributed by atoms with van der Waals surface area (Å²) in [5, 5.41) is 8.73. The number of anilines is 2. The predicted molar refractivity (Wildman–Crippen MR) is 137 cm³/mol. The number of imidazole rings is 1. The van der Waals surface area contributed by atoms with Gasteiger partial charge in [0.1, 0.15) is 23.8 Å². The second kappa shape index (κ2) is 9.57. The van der Waals surface area contributed by atoms with Crippen LogP contribution >= 0.6 is 0 Å². The summed E-state index contributed by atoms with van der Waals surface area (Å²) >= 11 is 0. The second-order valence-electron chi connectivity index (χ2n) is 8.39. The van der Waals surface area contributed by atoms with E-state index >= 15 is 0 Å². The Balaban J connectivity index is 1.54. The number of ether oxygens (including phenoxy) is 3. The number of rotatable bonds is 8. The van der Waals surface area contributed by atoms with Crippen molar-refractivity contribution in [3.05, 3.63) is 67.0 Å². The first-order valence-electron chi connectivity index (χ1n) is 11.4. The summed E-state index contributed by atoms with van der Waals surface area (Å²) in [7, 11) is 4.75. The summed E-state index contributed by atoms with van der Waals surface area (Å²) in [5.41, 5.74) is 2.46. The lowest BCUT2D eigenvalue weighted by atomic mass is 10.2. The van der Waals surface area contributed by atoms with E-state index in [0.29, 0.717) is 34.7 Å². The smallest absolute Gasteiger partial charge is 0.203 e. The van der Waals surface area contributed by atoms with Crippen molar-refractivity contribution in [1.82, 2.24) is 29.3 Å². The minimum absolute atomic E-state index is 0.130. The van der Waals surface area contributed by atoms with Gasteiger partial charge < -0.3 is 24.1 Å². The minimum Gasteiger partial charge on any atom is -0.493 e. The topological polar surface area (TPSA) is 101 Å². The summed E-state index contributed by atoms with van der Waals surface area (Å²) in [4.78, 5) is 14.1. The molecule has 10 heteroatoms. The molecule has 0 aliphatic carbocycles.